The number of hydrogen-bond donors (Lipinski definition) is 1. The van der Waals surface area contributed by atoms with Crippen LogP contribution in [0.4, 0.5) is 5.69 Å². The monoisotopic (exact) mass is 275 g/mol. The highest BCUT2D eigenvalue weighted by atomic mass is 35.5. The van der Waals surface area contributed by atoms with E-state index in [2.05, 4.69) is 12.2 Å². The van der Waals surface area contributed by atoms with Crippen molar-refractivity contribution in [2.24, 2.45) is 0 Å². The smallest absolute Gasteiger partial charge is 0.177 e. The summed E-state index contributed by atoms with van der Waals surface area (Å²) >= 11 is 6.09. The number of rotatable bonds is 6. The molecule has 1 aromatic carbocycles. The lowest BCUT2D eigenvalue weighted by atomic mass is 10.2. The van der Waals surface area contributed by atoms with Gasteiger partial charge in [0.2, 0.25) is 0 Å². The van der Waals surface area contributed by atoms with E-state index in [4.69, 9.17) is 11.6 Å². The van der Waals surface area contributed by atoms with Gasteiger partial charge >= 0.3 is 0 Å². The number of hydrogen-bond acceptors (Lipinski definition) is 3. The minimum absolute atomic E-state index is 0.0209. The van der Waals surface area contributed by atoms with Crippen molar-refractivity contribution < 1.29 is 8.42 Å². The van der Waals surface area contributed by atoms with E-state index in [0.717, 1.165) is 12.8 Å². The molecule has 0 radical (unpaired) electrons. The van der Waals surface area contributed by atoms with Crippen LogP contribution in [0.5, 0.6) is 0 Å². The maximum Gasteiger partial charge on any atom is 0.177 e. The zero-order chi connectivity index (χ0) is 12.9. The summed E-state index contributed by atoms with van der Waals surface area (Å²) in [5, 5.41) is 3.11. The van der Waals surface area contributed by atoms with Gasteiger partial charge in [0.1, 0.15) is 0 Å². The molecule has 3 nitrogen and oxygen atoms in total. The van der Waals surface area contributed by atoms with Crippen LogP contribution < -0.4 is 5.32 Å². The second-order valence-electron chi connectivity index (χ2n) is 4.04. The molecule has 0 amide bonds. The average molecular weight is 276 g/mol. The molecular formula is C12H18ClNO2S. The third-order valence-corrected chi connectivity index (χ3v) is 3.93. The molecule has 0 bridgehead atoms. The molecule has 0 spiro atoms. The molecule has 0 aliphatic rings. The number of para-hydroxylation sites is 1. The molecule has 1 unspecified atom stereocenters. The Labute approximate surface area is 108 Å². The van der Waals surface area contributed by atoms with Crippen LogP contribution in [0.2, 0.25) is 0 Å². The van der Waals surface area contributed by atoms with Crippen LogP contribution in [0.3, 0.4) is 0 Å². The van der Waals surface area contributed by atoms with E-state index in [1.165, 1.54) is 6.26 Å². The van der Waals surface area contributed by atoms with Crippen LogP contribution in [-0.4, -0.2) is 26.6 Å². The highest BCUT2D eigenvalue weighted by Gasteiger charge is 2.12. The molecule has 0 saturated carbocycles. The Bertz CT molecular complexity index is 459. The summed E-state index contributed by atoms with van der Waals surface area (Å²) in [4.78, 5) is 0.320. The molecule has 0 heterocycles. The maximum absolute atomic E-state index is 11.6. The van der Waals surface area contributed by atoms with E-state index in [1.54, 1.807) is 24.3 Å². The van der Waals surface area contributed by atoms with Crippen molar-refractivity contribution in [1.29, 1.82) is 0 Å². The second-order valence-corrected chi connectivity index (χ2v) is 6.64. The molecule has 96 valence electrons. The minimum atomic E-state index is -3.20. The zero-order valence-electron chi connectivity index (χ0n) is 10.1. The van der Waals surface area contributed by atoms with Gasteiger partial charge in [-0.1, -0.05) is 25.5 Å². The first kappa shape index (κ1) is 14.3. The Morgan fingerprint density at radius 3 is 2.59 bits per heavy atom. The van der Waals surface area contributed by atoms with E-state index in [1.807, 2.05) is 0 Å². The highest BCUT2D eigenvalue weighted by molar-refractivity contribution is 7.90. The van der Waals surface area contributed by atoms with E-state index in [0.29, 0.717) is 17.1 Å². The lowest BCUT2D eigenvalue weighted by molar-refractivity contribution is 0.602. The van der Waals surface area contributed by atoms with Gasteiger partial charge < -0.3 is 5.32 Å². The summed E-state index contributed by atoms with van der Waals surface area (Å²) in [7, 11) is -3.20. The first-order valence-corrected chi connectivity index (χ1v) is 7.95. The molecule has 5 heteroatoms. The first-order chi connectivity index (χ1) is 7.95. The highest BCUT2D eigenvalue weighted by Crippen LogP contribution is 2.21. The largest absolute Gasteiger partial charge is 0.383 e. The Kier molecular flexibility index (Phi) is 5.28. The number of nitrogens with one attached hydrogen (secondary N) is 1. The lowest BCUT2D eigenvalue weighted by Crippen LogP contribution is -2.15. The summed E-state index contributed by atoms with van der Waals surface area (Å²) in [6, 6.07) is 6.87. The van der Waals surface area contributed by atoms with Crippen molar-refractivity contribution >= 4 is 27.1 Å². The van der Waals surface area contributed by atoms with Crippen molar-refractivity contribution in [1.82, 2.24) is 0 Å². The number of anilines is 1. The molecule has 1 N–H and O–H groups in total. The molecular weight excluding hydrogens is 258 g/mol. The third kappa shape index (κ3) is 4.56. The van der Waals surface area contributed by atoms with Gasteiger partial charge in [0.25, 0.3) is 0 Å². The molecule has 0 fully saturated rings. The number of benzene rings is 1. The van der Waals surface area contributed by atoms with Crippen LogP contribution in [0.25, 0.3) is 0 Å². The molecule has 0 saturated heterocycles. The van der Waals surface area contributed by atoms with Gasteiger partial charge in [0.15, 0.2) is 9.84 Å². The van der Waals surface area contributed by atoms with Crippen molar-refractivity contribution in [3.05, 3.63) is 24.3 Å². The van der Waals surface area contributed by atoms with Crippen LogP contribution in [-0.2, 0) is 9.84 Å². The predicted molar refractivity (Wildman–Crippen MR) is 72.6 cm³/mol. The lowest BCUT2D eigenvalue weighted by Gasteiger charge is -2.13. The molecule has 1 aromatic rings. The summed E-state index contributed by atoms with van der Waals surface area (Å²) in [5.41, 5.74) is 0.622. The van der Waals surface area contributed by atoms with Crippen molar-refractivity contribution in [2.75, 3.05) is 18.1 Å². The SMILES string of the molecule is CCCC(Cl)CNc1ccccc1S(C)(=O)=O. The van der Waals surface area contributed by atoms with E-state index in [9.17, 15) is 8.42 Å². The quantitative estimate of drug-likeness (QED) is 0.812. The van der Waals surface area contributed by atoms with E-state index >= 15 is 0 Å². The Hall–Kier alpha value is -0.740. The summed E-state index contributed by atoms with van der Waals surface area (Å²) < 4.78 is 23.1. The van der Waals surface area contributed by atoms with Crippen LogP contribution in [0.1, 0.15) is 19.8 Å². The fourth-order valence-corrected chi connectivity index (χ4v) is 2.73. The first-order valence-electron chi connectivity index (χ1n) is 5.62. The molecule has 1 rings (SSSR count). The van der Waals surface area contributed by atoms with Crippen molar-refractivity contribution in [2.45, 2.75) is 30.0 Å². The number of halogens is 1. The normalized spacial score (nSPS) is 13.4. The average Bonchev–Trinajstić information content (AvgIpc) is 2.26. The molecule has 0 aliphatic heterocycles. The van der Waals surface area contributed by atoms with E-state index < -0.39 is 9.84 Å². The summed E-state index contributed by atoms with van der Waals surface area (Å²) in [5.74, 6) is 0. The van der Waals surface area contributed by atoms with Crippen molar-refractivity contribution in [3.8, 4) is 0 Å². The Balaban J connectivity index is 2.78. The van der Waals surface area contributed by atoms with Crippen molar-refractivity contribution in [3.63, 3.8) is 0 Å². The van der Waals surface area contributed by atoms with Gasteiger partial charge in [-0.05, 0) is 18.6 Å². The fourth-order valence-electron chi connectivity index (χ4n) is 1.57. The van der Waals surface area contributed by atoms with Crippen LogP contribution in [0.15, 0.2) is 29.2 Å². The summed E-state index contributed by atoms with van der Waals surface area (Å²) in [6.07, 6.45) is 3.14. The van der Waals surface area contributed by atoms with Gasteiger partial charge in [0.05, 0.1) is 16.0 Å². The molecule has 0 aromatic heterocycles. The minimum Gasteiger partial charge on any atom is -0.383 e. The van der Waals surface area contributed by atoms with Crippen LogP contribution >= 0.6 is 11.6 Å². The second kappa shape index (κ2) is 6.26. The third-order valence-electron chi connectivity index (χ3n) is 2.40. The predicted octanol–water partition coefficient (Wildman–Crippen LogP) is 2.91. The van der Waals surface area contributed by atoms with Gasteiger partial charge in [-0.2, -0.15) is 0 Å². The van der Waals surface area contributed by atoms with Gasteiger partial charge in [-0.3, -0.25) is 0 Å². The zero-order valence-corrected chi connectivity index (χ0v) is 11.7. The van der Waals surface area contributed by atoms with Gasteiger partial charge in [-0.25, -0.2) is 8.42 Å². The maximum atomic E-state index is 11.6. The Morgan fingerprint density at radius 2 is 2.00 bits per heavy atom. The fraction of sp³-hybridized carbons (Fsp3) is 0.500. The molecule has 1 atom stereocenters. The number of alkyl halides is 1. The summed E-state index contributed by atoms with van der Waals surface area (Å²) in [6.45, 7) is 2.64. The van der Waals surface area contributed by atoms with E-state index in [-0.39, 0.29) is 5.38 Å². The van der Waals surface area contributed by atoms with Crippen LogP contribution in [0, 0.1) is 0 Å². The topological polar surface area (TPSA) is 46.2 Å². The Morgan fingerprint density at radius 1 is 1.35 bits per heavy atom. The molecule has 0 aliphatic carbocycles. The van der Waals surface area contributed by atoms with Gasteiger partial charge in [0, 0.05) is 12.8 Å². The number of sulfone groups is 1. The molecule has 17 heavy (non-hydrogen) atoms. The van der Waals surface area contributed by atoms with Gasteiger partial charge in [-0.15, -0.1) is 11.6 Å². The standard InChI is InChI=1S/C12H18ClNO2S/c1-3-6-10(13)9-14-11-7-4-5-8-12(11)17(2,15)16/h4-5,7-8,10,14H,3,6,9H2,1-2H3.